The third-order valence-electron chi connectivity index (χ3n) is 4.33. The van der Waals surface area contributed by atoms with Crippen molar-refractivity contribution < 1.29 is 4.74 Å². The molecule has 1 aromatic rings. The highest BCUT2D eigenvalue weighted by molar-refractivity contribution is 7.11. The van der Waals surface area contributed by atoms with Crippen molar-refractivity contribution in [2.24, 2.45) is 10.9 Å². The summed E-state index contributed by atoms with van der Waals surface area (Å²) < 4.78 is 5.50. The molecule has 0 radical (unpaired) electrons. The summed E-state index contributed by atoms with van der Waals surface area (Å²) in [4.78, 5) is 12.6. The molecule has 7 heteroatoms. The fourth-order valence-corrected chi connectivity index (χ4v) is 3.87. The molecule has 0 aromatic carbocycles. The molecular weight excluding hydrogens is 334 g/mol. The van der Waals surface area contributed by atoms with Crippen LogP contribution in [-0.4, -0.2) is 68.3 Å². The molecule has 6 nitrogen and oxygen atoms in total. The summed E-state index contributed by atoms with van der Waals surface area (Å²) in [5.74, 6) is 1.55. The molecule has 1 fully saturated rings. The van der Waals surface area contributed by atoms with Crippen LogP contribution in [0, 0.1) is 12.8 Å². The smallest absolute Gasteiger partial charge is 0.191 e. The van der Waals surface area contributed by atoms with Crippen molar-refractivity contribution in [3.8, 4) is 0 Å². The summed E-state index contributed by atoms with van der Waals surface area (Å²) in [6.45, 7) is 12.2. The Morgan fingerprint density at radius 2 is 2.12 bits per heavy atom. The second-order valence-corrected chi connectivity index (χ2v) is 8.25. The average molecular weight is 368 g/mol. The quantitative estimate of drug-likeness (QED) is 0.543. The molecule has 1 saturated heterocycles. The van der Waals surface area contributed by atoms with Gasteiger partial charge in [-0.2, -0.15) is 0 Å². The first-order valence-corrected chi connectivity index (χ1v) is 10.1. The van der Waals surface area contributed by atoms with E-state index in [0.29, 0.717) is 12.0 Å². The van der Waals surface area contributed by atoms with Gasteiger partial charge in [0.05, 0.1) is 18.2 Å². The summed E-state index contributed by atoms with van der Waals surface area (Å²) in [6, 6.07) is 0.518. The largest absolute Gasteiger partial charge is 0.379 e. The minimum absolute atomic E-state index is 0.518. The number of thiazole rings is 1. The molecule has 1 aliphatic heterocycles. The second kappa shape index (κ2) is 10.7. The molecule has 25 heavy (non-hydrogen) atoms. The van der Waals surface area contributed by atoms with Gasteiger partial charge in [0.25, 0.3) is 0 Å². The lowest BCUT2D eigenvalue weighted by Crippen LogP contribution is -2.51. The van der Waals surface area contributed by atoms with E-state index in [-0.39, 0.29) is 0 Å². The van der Waals surface area contributed by atoms with Crippen LogP contribution in [-0.2, 0) is 11.2 Å². The van der Waals surface area contributed by atoms with Gasteiger partial charge >= 0.3 is 0 Å². The van der Waals surface area contributed by atoms with Gasteiger partial charge in [-0.15, -0.1) is 11.3 Å². The molecule has 1 aromatic heterocycles. The molecule has 1 aliphatic rings. The number of guanidine groups is 1. The third kappa shape index (κ3) is 7.30. The number of ether oxygens (including phenoxy) is 1. The lowest BCUT2D eigenvalue weighted by molar-refractivity contribution is 0.0132. The molecule has 0 saturated carbocycles. The van der Waals surface area contributed by atoms with Crippen molar-refractivity contribution in [2.75, 3.05) is 46.4 Å². The molecule has 0 amide bonds. The summed E-state index contributed by atoms with van der Waals surface area (Å²) >= 11 is 1.76. The number of morpholine rings is 1. The van der Waals surface area contributed by atoms with E-state index in [0.717, 1.165) is 51.8 Å². The van der Waals surface area contributed by atoms with Crippen molar-refractivity contribution in [1.29, 1.82) is 0 Å². The minimum Gasteiger partial charge on any atom is -0.379 e. The first-order chi connectivity index (χ1) is 12.1. The van der Waals surface area contributed by atoms with Crippen LogP contribution in [0.3, 0.4) is 0 Å². The van der Waals surface area contributed by atoms with Gasteiger partial charge in [-0.05, 0) is 19.3 Å². The topological polar surface area (TPSA) is 61.8 Å². The molecule has 2 heterocycles. The molecule has 2 N–H and O–H groups in total. The zero-order valence-electron chi connectivity index (χ0n) is 16.0. The van der Waals surface area contributed by atoms with E-state index in [2.05, 4.69) is 46.3 Å². The van der Waals surface area contributed by atoms with Gasteiger partial charge in [-0.25, -0.2) is 4.98 Å². The zero-order chi connectivity index (χ0) is 18.1. The summed E-state index contributed by atoms with van der Waals surface area (Å²) in [5, 5.41) is 8.08. The molecule has 0 bridgehead atoms. The van der Waals surface area contributed by atoms with Crippen molar-refractivity contribution in [2.45, 2.75) is 39.7 Å². The lowest BCUT2D eigenvalue weighted by Gasteiger charge is -2.35. The Morgan fingerprint density at radius 3 is 2.72 bits per heavy atom. The molecular formula is C18H33N5OS. The van der Waals surface area contributed by atoms with Crippen LogP contribution in [0.5, 0.6) is 0 Å². The molecule has 142 valence electrons. The normalized spacial score (nSPS) is 17.7. The van der Waals surface area contributed by atoms with E-state index in [9.17, 15) is 0 Å². The number of aliphatic imine (C=N–C) groups is 1. The highest BCUT2D eigenvalue weighted by Gasteiger charge is 2.22. The monoisotopic (exact) mass is 367 g/mol. The van der Waals surface area contributed by atoms with Gasteiger partial charge in [-0.1, -0.05) is 13.8 Å². The second-order valence-electron chi connectivity index (χ2n) is 6.93. The van der Waals surface area contributed by atoms with E-state index in [1.807, 2.05) is 13.2 Å². The van der Waals surface area contributed by atoms with Gasteiger partial charge in [0.15, 0.2) is 5.96 Å². The number of hydrogen-bond acceptors (Lipinski definition) is 5. The highest BCUT2D eigenvalue weighted by Crippen LogP contribution is 2.13. The maximum absolute atomic E-state index is 5.50. The van der Waals surface area contributed by atoms with Crippen LogP contribution >= 0.6 is 11.3 Å². The zero-order valence-corrected chi connectivity index (χ0v) is 16.9. The SMILES string of the molecule is CN=C(NCCc1ncc(C)s1)NCC(CC(C)C)N1CCOCC1. The number of rotatable bonds is 8. The number of aryl methyl sites for hydroxylation is 1. The van der Waals surface area contributed by atoms with Crippen molar-refractivity contribution in [3.05, 3.63) is 16.1 Å². The Bertz CT molecular complexity index is 525. The van der Waals surface area contributed by atoms with Crippen LogP contribution in [0.25, 0.3) is 0 Å². The summed E-state index contributed by atoms with van der Waals surface area (Å²) in [5.41, 5.74) is 0. The Morgan fingerprint density at radius 1 is 1.36 bits per heavy atom. The van der Waals surface area contributed by atoms with Gasteiger partial charge in [0, 0.05) is 56.8 Å². The van der Waals surface area contributed by atoms with Gasteiger partial charge in [0.1, 0.15) is 0 Å². The maximum Gasteiger partial charge on any atom is 0.191 e. The number of hydrogen-bond donors (Lipinski definition) is 2. The fraction of sp³-hybridized carbons (Fsp3) is 0.778. The molecule has 2 rings (SSSR count). The molecule has 0 spiro atoms. The van der Waals surface area contributed by atoms with E-state index >= 15 is 0 Å². The predicted octanol–water partition coefficient (Wildman–Crippen LogP) is 1.91. The average Bonchev–Trinajstić information content (AvgIpc) is 3.02. The Balaban J connectivity index is 1.77. The van der Waals surface area contributed by atoms with Crippen molar-refractivity contribution in [1.82, 2.24) is 20.5 Å². The lowest BCUT2D eigenvalue weighted by atomic mass is 10.0. The van der Waals surface area contributed by atoms with Crippen LogP contribution in [0.2, 0.25) is 0 Å². The number of nitrogens with zero attached hydrogens (tertiary/aromatic N) is 3. The molecule has 1 unspecified atom stereocenters. The predicted molar refractivity (Wildman–Crippen MR) is 106 cm³/mol. The van der Waals surface area contributed by atoms with Crippen molar-refractivity contribution in [3.63, 3.8) is 0 Å². The molecule has 1 atom stereocenters. The first kappa shape index (κ1) is 20.1. The first-order valence-electron chi connectivity index (χ1n) is 9.26. The van der Waals surface area contributed by atoms with Gasteiger partial charge in [0.2, 0.25) is 0 Å². The van der Waals surface area contributed by atoms with Gasteiger partial charge in [-0.3, -0.25) is 9.89 Å². The number of aromatic nitrogens is 1. The third-order valence-corrected chi connectivity index (χ3v) is 5.31. The maximum atomic E-state index is 5.50. The Kier molecular flexibility index (Phi) is 8.64. The van der Waals surface area contributed by atoms with Crippen LogP contribution in [0.15, 0.2) is 11.2 Å². The van der Waals surface area contributed by atoms with E-state index in [1.54, 1.807) is 11.3 Å². The highest BCUT2D eigenvalue weighted by atomic mass is 32.1. The Hall–Kier alpha value is -1.18. The van der Waals surface area contributed by atoms with E-state index in [1.165, 1.54) is 16.3 Å². The van der Waals surface area contributed by atoms with Crippen LogP contribution in [0.1, 0.15) is 30.2 Å². The molecule has 0 aliphatic carbocycles. The summed E-state index contributed by atoms with van der Waals surface area (Å²) in [7, 11) is 1.83. The fourth-order valence-electron chi connectivity index (χ4n) is 3.09. The van der Waals surface area contributed by atoms with Crippen LogP contribution < -0.4 is 10.6 Å². The minimum atomic E-state index is 0.518. The number of nitrogens with one attached hydrogen (secondary N) is 2. The van der Waals surface area contributed by atoms with E-state index < -0.39 is 0 Å². The summed E-state index contributed by atoms with van der Waals surface area (Å²) in [6.07, 6.45) is 4.05. The van der Waals surface area contributed by atoms with Crippen LogP contribution in [0.4, 0.5) is 0 Å². The van der Waals surface area contributed by atoms with Crippen molar-refractivity contribution >= 4 is 17.3 Å². The standard InChI is InChI=1S/C18H33N5OS/c1-14(2)11-16(23-7-9-24-10-8-23)13-22-18(19-4)20-6-5-17-21-12-15(3)25-17/h12,14,16H,5-11,13H2,1-4H3,(H2,19,20,22). The van der Waals surface area contributed by atoms with Gasteiger partial charge < -0.3 is 15.4 Å². The Labute approximate surface area is 156 Å². The van der Waals surface area contributed by atoms with E-state index in [4.69, 9.17) is 4.74 Å².